The molecule has 0 aliphatic carbocycles. The zero-order chi connectivity index (χ0) is 23.5. The molecule has 3 aromatic heterocycles. The van der Waals surface area contributed by atoms with Gasteiger partial charge in [0.15, 0.2) is 0 Å². The van der Waals surface area contributed by atoms with Crippen molar-refractivity contribution in [3.8, 4) is 11.5 Å². The lowest BCUT2D eigenvalue weighted by Crippen LogP contribution is -2.14. The zero-order valence-electron chi connectivity index (χ0n) is 18.5. The predicted molar refractivity (Wildman–Crippen MR) is 127 cm³/mol. The van der Waals surface area contributed by atoms with Gasteiger partial charge in [-0.1, -0.05) is 18.2 Å². The molecule has 0 fully saturated rings. The van der Waals surface area contributed by atoms with Crippen LogP contribution in [0.25, 0.3) is 16.6 Å². The first-order valence-electron chi connectivity index (χ1n) is 10.7. The molecule has 0 saturated carbocycles. The highest BCUT2D eigenvalue weighted by Gasteiger charge is 2.15. The molecule has 0 radical (unpaired) electrons. The molecule has 9 heteroatoms. The minimum atomic E-state index is -0.284. The van der Waals surface area contributed by atoms with Crippen LogP contribution in [0, 0.1) is 0 Å². The van der Waals surface area contributed by atoms with Crippen LogP contribution in [-0.4, -0.2) is 50.5 Å². The molecule has 5 aromatic rings. The number of ether oxygens (including phenoxy) is 2. The summed E-state index contributed by atoms with van der Waals surface area (Å²) in [6.07, 6.45) is 5.02. The van der Waals surface area contributed by atoms with Gasteiger partial charge in [-0.05, 0) is 35.9 Å². The van der Waals surface area contributed by atoms with Crippen molar-refractivity contribution in [1.82, 2.24) is 19.2 Å². The van der Waals surface area contributed by atoms with Crippen LogP contribution in [0.4, 0.5) is 5.69 Å². The normalized spacial score (nSPS) is 11.2. The number of hydrogen-bond donors (Lipinski definition) is 2. The molecule has 34 heavy (non-hydrogen) atoms. The summed E-state index contributed by atoms with van der Waals surface area (Å²) < 4.78 is 14.2. The van der Waals surface area contributed by atoms with Crippen LogP contribution < -0.4 is 10.1 Å². The van der Waals surface area contributed by atoms with E-state index in [1.807, 2.05) is 28.9 Å². The second-order valence-corrected chi connectivity index (χ2v) is 7.74. The first-order chi connectivity index (χ1) is 16.6. The average Bonchev–Trinajstić information content (AvgIpc) is 3.44. The van der Waals surface area contributed by atoms with Gasteiger partial charge in [-0.3, -0.25) is 13.9 Å². The molecular weight excluding hydrogens is 434 g/mol. The molecule has 0 unspecified atom stereocenters. The van der Waals surface area contributed by atoms with Gasteiger partial charge in [0.2, 0.25) is 0 Å². The van der Waals surface area contributed by atoms with Crippen LogP contribution in [0.15, 0.2) is 73.2 Å². The fourth-order valence-electron chi connectivity index (χ4n) is 3.82. The van der Waals surface area contributed by atoms with Gasteiger partial charge in [-0.15, -0.1) is 0 Å². The summed E-state index contributed by atoms with van der Waals surface area (Å²) in [5.41, 5.74) is 3.46. The maximum Gasteiger partial charge on any atom is 0.274 e. The number of fused-ring (bicyclic) bond motifs is 2. The number of phenolic OH excluding ortho intramolecular Hbond substituents is 1. The zero-order valence-corrected chi connectivity index (χ0v) is 18.5. The summed E-state index contributed by atoms with van der Waals surface area (Å²) in [7, 11) is 1.62. The Morgan fingerprint density at radius 1 is 1.09 bits per heavy atom. The topological polar surface area (TPSA) is 103 Å². The van der Waals surface area contributed by atoms with E-state index in [2.05, 4.69) is 15.4 Å². The molecular formula is C25H23N5O4. The molecule has 5 rings (SSSR count). The Morgan fingerprint density at radius 3 is 2.82 bits per heavy atom. The number of carbonyl (C=O) groups excluding carboxylic acids is 1. The summed E-state index contributed by atoms with van der Waals surface area (Å²) in [5.74, 6) is 0.586. The summed E-state index contributed by atoms with van der Waals surface area (Å²) in [5, 5.41) is 18.0. The number of rotatable bonds is 8. The Bertz CT molecular complexity index is 1470. The number of nitrogens with zero attached hydrogens (tertiary/aromatic N) is 4. The van der Waals surface area contributed by atoms with Crippen molar-refractivity contribution >= 4 is 28.1 Å². The number of aromatic hydroxyl groups is 1. The average molecular weight is 457 g/mol. The first-order valence-corrected chi connectivity index (χ1v) is 10.7. The van der Waals surface area contributed by atoms with Crippen LogP contribution >= 0.6 is 0 Å². The van der Waals surface area contributed by atoms with Crippen LogP contribution in [0.3, 0.4) is 0 Å². The van der Waals surface area contributed by atoms with Gasteiger partial charge in [-0.25, -0.2) is 4.98 Å². The molecule has 0 atom stereocenters. The smallest absolute Gasteiger partial charge is 0.274 e. The Balaban J connectivity index is 1.37. The number of phenols is 1. The lowest BCUT2D eigenvalue weighted by molar-refractivity contribution is 0.102. The van der Waals surface area contributed by atoms with E-state index in [0.29, 0.717) is 42.5 Å². The fourth-order valence-corrected chi connectivity index (χ4v) is 3.82. The molecule has 0 aliphatic heterocycles. The molecule has 2 aromatic carbocycles. The quantitative estimate of drug-likeness (QED) is 0.344. The second-order valence-electron chi connectivity index (χ2n) is 7.74. The minimum absolute atomic E-state index is 0.212. The van der Waals surface area contributed by atoms with E-state index in [1.54, 1.807) is 54.2 Å². The largest absolute Gasteiger partial charge is 0.508 e. The molecule has 0 bridgehead atoms. The van der Waals surface area contributed by atoms with E-state index in [4.69, 9.17) is 9.47 Å². The third-order valence-electron chi connectivity index (χ3n) is 5.45. The number of imidazole rings is 1. The van der Waals surface area contributed by atoms with E-state index >= 15 is 0 Å². The lowest BCUT2D eigenvalue weighted by Gasteiger charge is -2.09. The summed E-state index contributed by atoms with van der Waals surface area (Å²) in [6.45, 7) is 1.42. The van der Waals surface area contributed by atoms with Crippen LogP contribution in [-0.2, 0) is 11.3 Å². The highest BCUT2D eigenvalue weighted by atomic mass is 16.5. The summed E-state index contributed by atoms with van der Waals surface area (Å²) >= 11 is 0. The number of methoxy groups -OCH3 is 1. The molecule has 0 saturated heterocycles. The maximum absolute atomic E-state index is 13.1. The molecule has 172 valence electrons. The SMILES string of the molecule is COCCOc1ccn2c(C(=O)Nc3cccc4c3cnn4Cc3cccc(O)c3)cnc2c1. The number of benzene rings is 2. The Hall–Kier alpha value is -4.37. The van der Waals surface area contributed by atoms with Crippen LogP contribution in [0.5, 0.6) is 11.5 Å². The number of anilines is 1. The summed E-state index contributed by atoms with van der Waals surface area (Å²) in [4.78, 5) is 17.4. The van der Waals surface area contributed by atoms with Gasteiger partial charge in [-0.2, -0.15) is 5.10 Å². The van der Waals surface area contributed by atoms with Gasteiger partial charge in [0.1, 0.15) is 29.4 Å². The fraction of sp³-hybridized carbons (Fsp3) is 0.160. The van der Waals surface area contributed by atoms with E-state index in [9.17, 15) is 9.90 Å². The van der Waals surface area contributed by atoms with Crippen molar-refractivity contribution in [1.29, 1.82) is 0 Å². The van der Waals surface area contributed by atoms with E-state index < -0.39 is 0 Å². The molecule has 3 heterocycles. The maximum atomic E-state index is 13.1. The predicted octanol–water partition coefficient (Wildman–Crippen LogP) is 3.72. The number of nitrogens with one attached hydrogen (secondary N) is 1. The molecule has 0 aliphatic rings. The molecule has 1 amide bonds. The van der Waals surface area contributed by atoms with Crippen molar-refractivity contribution in [2.75, 3.05) is 25.6 Å². The summed E-state index contributed by atoms with van der Waals surface area (Å²) in [6, 6.07) is 16.3. The first kappa shape index (κ1) is 21.5. The number of carbonyl (C=O) groups is 1. The van der Waals surface area contributed by atoms with Gasteiger partial charge in [0.25, 0.3) is 5.91 Å². The van der Waals surface area contributed by atoms with Gasteiger partial charge in [0.05, 0.1) is 36.7 Å². The second kappa shape index (κ2) is 9.24. The number of pyridine rings is 1. The highest BCUT2D eigenvalue weighted by Crippen LogP contribution is 2.25. The van der Waals surface area contributed by atoms with Crippen molar-refractivity contribution in [3.05, 3.63) is 84.4 Å². The number of aromatic nitrogens is 4. The van der Waals surface area contributed by atoms with E-state index in [-0.39, 0.29) is 11.7 Å². The standard InChI is InChI=1S/C25H23N5O4/c1-33-10-11-34-19-8-9-29-23(15-26-24(29)13-19)25(32)28-21-6-3-7-22-20(21)14-27-30(22)16-17-4-2-5-18(31)12-17/h2-9,12-15,31H,10-11,16H2,1H3,(H,28,32). The third kappa shape index (κ3) is 4.28. The van der Waals surface area contributed by atoms with Crippen molar-refractivity contribution in [2.45, 2.75) is 6.54 Å². The van der Waals surface area contributed by atoms with E-state index in [1.165, 1.54) is 6.20 Å². The van der Waals surface area contributed by atoms with Crippen LogP contribution in [0.1, 0.15) is 16.1 Å². The van der Waals surface area contributed by atoms with Crippen molar-refractivity contribution in [2.24, 2.45) is 0 Å². The third-order valence-corrected chi connectivity index (χ3v) is 5.45. The minimum Gasteiger partial charge on any atom is -0.508 e. The van der Waals surface area contributed by atoms with Gasteiger partial charge < -0.3 is 19.9 Å². The Morgan fingerprint density at radius 2 is 1.97 bits per heavy atom. The molecule has 9 nitrogen and oxygen atoms in total. The van der Waals surface area contributed by atoms with Gasteiger partial charge >= 0.3 is 0 Å². The lowest BCUT2D eigenvalue weighted by atomic mass is 10.2. The number of amides is 1. The number of hydrogen-bond acceptors (Lipinski definition) is 6. The Kier molecular flexibility index (Phi) is 5.84. The molecule has 2 N–H and O–H groups in total. The monoisotopic (exact) mass is 457 g/mol. The van der Waals surface area contributed by atoms with Gasteiger partial charge in [0, 0.05) is 24.8 Å². The van der Waals surface area contributed by atoms with Crippen LogP contribution in [0.2, 0.25) is 0 Å². The Labute approximate surface area is 195 Å². The van der Waals surface area contributed by atoms with E-state index in [0.717, 1.165) is 16.5 Å². The molecule has 0 spiro atoms. The van der Waals surface area contributed by atoms with Crippen molar-refractivity contribution < 1.29 is 19.4 Å². The van der Waals surface area contributed by atoms with Crippen molar-refractivity contribution in [3.63, 3.8) is 0 Å². The highest BCUT2D eigenvalue weighted by molar-refractivity contribution is 6.08.